The van der Waals surface area contributed by atoms with E-state index >= 15 is 0 Å². The molecule has 31 heavy (non-hydrogen) atoms. The van der Waals surface area contributed by atoms with E-state index in [0.29, 0.717) is 0 Å². The van der Waals surface area contributed by atoms with Crippen LogP contribution < -0.4 is 10.2 Å². The van der Waals surface area contributed by atoms with Crippen LogP contribution >= 0.6 is 24.0 Å². The predicted octanol–water partition coefficient (Wildman–Crippen LogP) is 1.82. The number of hydrogen-bond acceptors (Lipinski definition) is 6. The van der Waals surface area contributed by atoms with Crippen molar-refractivity contribution in [3.8, 4) is 0 Å². The Morgan fingerprint density at radius 1 is 0.968 bits per heavy atom. The zero-order chi connectivity index (χ0) is 20.6. The molecule has 2 aromatic rings. The van der Waals surface area contributed by atoms with Crippen molar-refractivity contribution in [1.29, 1.82) is 0 Å². The largest absolute Gasteiger partial charge is 0.379 e. The third kappa shape index (κ3) is 6.50. The molecule has 1 aromatic heterocycles. The minimum atomic E-state index is 0. The average Bonchev–Trinajstić information content (AvgIpc) is 2.82. The molecular formula is C22H32IN7O. The van der Waals surface area contributed by atoms with Gasteiger partial charge in [0.05, 0.1) is 13.2 Å². The highest BCUT2D eigenvalue weighted by atomic mass is 127. The van der Waals surface area contributed by atoms with Crippen LogP contribution in [-0.4, -0.2) is 85.3 Å². The SMILES string of the molecule is CN=C(NCc1ccccc1CN1CCOCC1)N1CCN(c2ncccn2)CC1.I. The van der Waals surface area contributed by atoms with Gasteiger partial charge < -0.3 is 19.9 Å². The lowest BCUT2D eigenvalue weighted by molar-refractivity contribution is 0.0341. The maximum absolute atomic E-state index is 5.48. The Kier molecular flexibility index (Phi) is 9.29. The Morgan fingerprint density at radius 2 is 1.65 bits per heavy atom. The number of halogens is 1. The van der Waals surface area contributed by atoms with Crippen molar-refractivity contribution in [1.82, 2.24) is 25.1 Å². The zero-order valence-electron chi connectivity index (χ0n) is 18.1. The molecule has 8 nitrogen and oxygen atoms in total. The van der Waals surface area contributed by atoms with E-state index < -0.39 is 0 Å². The number of aromatic nitrogens is 2. The lowest BCUT2D eigenvalue weighted by Gasteiger charge is -2.36. The molecule has 3 heterocycles. The van der Waals surface area contributed by atoms with E-state index in [-0.39, 0.29) is 24.0 Å². The summed E-state index contributed by atoms with van der Waals surface area (Å²) in [6.45, 7) is 8.96. The molecule has 0 atom stereocenters. The third-order valence-electron chi connectivity index (χ3n) is 5.68. The van der Waals surface area contributed by atoms with E-state index in [2.05, 4.69) is 59.2 Å². The number of nitrogens with one attached hydrogen (secondary N) is 1. The van der Waals surface area contributed by atoms with Gasteiger partial charge in [-0.1, -0.05) is 24.3 Å². The minimum Gasteiger partial charge on any atom is -0.379 e. The number of benzene rings is 1. The van der Waals surface area contributed by atoms with Gasteiger partial charge in [0.1, 0.15) is 0 Å². The first-order chi connectivity index (χ1) is 14.8. The number of ether oxygens (including phenoxy) is 1. The van der Waals surface area contributed by atoms with E-state index in [9.17, 15) is 0 Å². The number of guanidine groups is 1. The second-order valence-electron chi connectivity index (χ2n) is 7.58. The average molecular weight is 537 g/mol. The van der Waals surface area contributed by atoms with E-state index in [4.69, 9.17) is 4.74 Å². The van der Waals surface area contributed by atoms with Crippen molar-refractivity contribution in [3.63, 3.8) is 0 Å². The van der Waals surface area contributed by atoms with Crippen LogP contribution in [0.4, 0.5) is 5.95 Å². The van der Waals surface area contributed by atoms with Crippen LogP contribution in [0.1, 0.15) is 11.1 Å². The lowest BCUT2D eigenvalue weighted by Crippen LogP contribution is -2.52. The summed E-state index contributed by atoms with van der Waals surface area (Å²) in [5, 5.41) is 3.57. The van der Waals surface area contributed by atoms with Crippen LogP contribution in [0.2, 0.25) is 0 Å². The molecule has 2 saturated heterocycles. The highest BCUT2D eigenvalue weighted by molar-refractivity contribution is 14.0. The molecule has 0 saturated carbocycles. The van der Waals surface area contributed by atoms with E-state index in [1.165, 1.54) is 11.1 Å². The molecule has 2 aliphatic rings. The first-order valence-corrected chi connectivity index (χ1v) is 10.7. The monoisotopic (exact) mass is 537 g/mol. The molecule has 0 spiro atoms. The van der Waals surface area contributed by atoms with E-state index in [1.54, 1.807) is 12.4 Å². The summed E-state index contributed by atoms with van der Waals surface area (Å²) in [6.07, 6.45) is 3.59. The van der Waals surface area contributed by atoms with Crippen molar-refractivity contribution >= 4 is 35.9 Å². The van der Waals surface area contributed by atoms with Gasteiger partial charge in [0.15, 0.2) is 5.96 Å². The molecule has 168 valence electrons. The molecule has 0 unspecified atom stereocenters. The van der Waals surface area contributed by atoms with Gasteiger partial charge in [-0.05, 0) is 17.2 Å². The number of hydrogen-bond donors (Lipinski definition) is 1. The number of piperazine rings is 1. The van der Waals surface area contributed by atoms with Gasteiger partial charge in [0.2, 0.25) is 5.95 Å². The van der Waals surface area contributed by atoms with Gasteiger partial charge in [0, 0.05) is 71.8 Å². The molecule has 1 N–H and O–H groups in total. The molecule has 0 amide bonds. The van der Waals surface area contributed by atoms with Crippen LogP contribution in [0.5, 0.6) is 0 Å². The quantitative estimate of drug-likeness (QED) is 0.355. The van der Waals surface area contributed by atoms with Crippen LogP contribution in [0.25, 0.3) is 0 Å². The fraction of sp³-hybridized carbons (Fsp3) is 0.500. The summed E-state index contributed by atoms with van der Waals surface area (Å²) < 4.78 is 5.48. The lowest BCUT2D eigenvalue weighted by atomic mass is 10.1. The Morgan fingerprint density at radius 3 is 2.32 bits per heavy atom. The van der Waals surface area contributed by atoms with Crippen molar-refractivity contribution in [2.24, 2.45) is 4.99 Å². The molecule has 0 aliphatic carbocycles. The number of morpholine rings is 1. The fourth-order valence-corrected chi connectivity index (χ4v) is 3.96. The first-order valence-electron chi connectivity index (χ1n) is 10.7. The summed E-state index contributed by atoms with van der Waals surface area (Å²) in [5.41, 5.74) is 2.69. The molecule has 2 aliphatic heterocycles. The summed E-state index contributed by atoms with van der Waals surface area (Å²) in [7, 11) is 1.86. The Labute approximate surface area is 201 Å². The van der Waals surface area contributed by atoms with E-state index in [1.807, 2.05) is 13.1 Å². The van der Waals surface area contributed by atoms with Crippen LogP contribution in [-0.2, 0) is 17.8 Å². The van der Waals surface area contributed by atoms with Crippen molar-refractivity contribution in [3.05, 3.63) is 53.9 Å². The molecule has 0 bridgehead atoms. The van der Waals surface area contributed by atoms with Crippen molar-refractivity contribution in [2.45, 2.75) is 13.1 Å². The maximum Gasteiger partial charge on any atom is 0.225 e. The van der Waals surface area contributed by atoms with Gasteiger partial charge in [-0.15, -0.1) is 24.0 Å². The molecule has 2 fully saturated rings. The predicted molar refractivity (Wildman–Crippen MR) is 134 cm³/mol. The normalized spacial score (nSPS) is 17.9. The number of aliphatic imine (C=N–C) groups is 1. The number of rotatable bonds is 5. The first kappa shape index (κ1) is 23.7. The molecular weight excluding hydrogens is 505 g/mol. The van der Waals surface area contributed by atoms with Gasteiger partial charge in [-0.3, -0.25) is 9.89 Å². The summed E-state index contributed by atoms with van der Waals surface area (Å²) in [5.74, 6) is 1.75. The van der Waals surface area contributed by atoms with Crippen molar-refractivity contribution < 1.29 is 4.74 Å². The summed E-state index contributed by atoms with van der Waals surface area (Å²) in [6, 6.07) is 10.5. The fourth-order valence-electron chi connectivity index (χ4n) is 3.96. The Bertz CT molecular complexity index is 822. The molecule has 1 aromatic carbocycles. The summed E-state index contributed by atoms with van der Waals surface area (Å²) >= 11 is 0. The van der Waals surface area contributed by atoms with Gasteiger partial charge >= 0.3 is 0 Å². The topological polar surface area (TPSA) is 69.1 Å². The van der Waals surface area contributed by atoms with E-state index in [0.717, 1.165) is 77.5 Å². The molecule has 4 rings (SSSR count). The number of anilines is 1. The minimum absolute atomic E-state index is 0. The highest BCUT2D eigenvalue weighted by Gasteiger charge is 2.21. The smallest absolute Gasteiger partial charge is 0.225 e. The van der Waals surface area contributed by atoms with Crippen LogP contribution in [0, 0.1) is 0 Å². The van der Waals surface area contributed by atoms with Gasteiger partial charge in [-0.2, -0.15) is 0 Å². The maximum atomic E-state index is 5.48. The molecule has 9 heteroatoms. The summed E-state index contributed by atoms with van der Waals surface area (Å²) in [4.78, 5) is 20.2. The second kappa shape index (κ2) is 12.2. The van der Waals surface area contributed by atoms with Gasteiger partial charge in [0.25, 0.3) is 0 Å². The molecule has 0 radical (unpaired) electrons. The Hall–Kier alpha value is -1.98. The number of nitrogens with zero attached hydrogens (tertiary/aromatic N) is 6. The van der Waals surface area contributed by atoms with Crippen molar-refractivity contribution in [2.75, 3.05) is 64.4 Å². The highest BCUT2D eigenvalue weighted by Crippen LogP contribution is 2.14. The van der Waals surface area contributed by atoms with Crippen LogP contribution in [0.3, 0.4) is 0 Å². The van der Waals surface area contributed by atoms with Crippen LogP contribution in [0.15, 0.2) is 47.7 Å². The zero-order valence-corrected chi connectivity index (χ0v) is 20.4. The standard InChI is InChI=1S/C22H31N7O.HI/c1-23-21(28-9-11-29(12-10-28)22-24-7-4-8-25-22)26-17-19-5-2-3-6-20(19)18-27-13-15-30-16-14-27;/h2-8H,9-18H2,1H3,(H,23,26);1H. The Balaban J connectivity index is 0.00000272. The third-order valence-corrected chi connectivity index (χ3v) is 5.68. The second-order valence-corrected chi connectivity index (χ2v) is 7.58. The van der Waals surface area contributed by atoms with Gasteiger partial charge in [-0.25, -0.2) is 9.97 Å².